The lowest BCUT2D eigenvalue weighted by molar-refractivity contribution is 0.477. The number of benzene rings is 3. The van der Waals surface area contributed by atoms with Gasteiger partial charge in [0.05, 0.1) is 23.1 Å². The molecule has 3 nitrogen and oxygen atoms in total. The SMILES string of the molecule is Fc1ccc([C@@H]2C[C@H](c3ccccc3Cl)n3c(nc4ccccc43)N2)cc1. The number of nitrogens with one attached hydrogen (secondary N) is 1. The van der Waals surface area contributed by atoms with Gasteiger partial charge in [0, 0.05) is 5.02 Å². The second kappa shape index (κ2) is 6.39. The lowest BCUT2D eigenvalue weighted by Crippen LogP contribution is -2.27. The van der Waals surface area contributed by atoms with Crippen LogP contribution in [-0.2, 0) is 0 Å². The Bertz CT molecular complexity index is 1120. The molecule has 0 bridgehead atoms. The van der Waals surface area contributed by atoms with E-state index in [0.29, 0.717) is 0 Å². The molecule has 4 aromatic rings. The minimum absolute atomic E-state index is 0.0242. The maximum absolute atomic E-state index is 13.4. The molecule has 2 atom stereocenters. The van der Waals surface area contributed by atoms with Crippen LogP contribution in [0.15, 0.2) is 72.8 Å². The number of hydrogen-bond acceptors (Lipinski definition) is 2. The maximum Gasteiger partial charge on any atom is 0.204 e. The third kappa shape index (κ3) is 2.77. The Labute approximate surface area is 161 Å². The fraction of sp³-hybridized carbons (Fsp3) is 0.136. The van der Waals surface area contributed by atoms with Crippen molar-refractivity contribution < 1.29 is 4.39 Å². The van der Waals surface area contributed by atoms with Crippen LogP contribution in [0.25, 0.3) is 11.0 Å². The summed E-state index contributed by atoms with van der Waals surface area (Å²) in [5.41, 5.74) is 4.11. The lowest BCUT2D eigenvalue weighted by atomic mass is 9.93. The summed E-state index contributed by atoms with van der Waals surface area (Å²) in [4.78, 5) is 4.79. The standard InChI is InChI=1S/C22H17ClFN3/c23-17-6-2-1-5-16(17)21-13-19(14-9-11-15(24)12-10-14)26-22-25-18-7-3-4-8-20(18)27(21)22/h1-12,19,21H,13H2,(H,25,26)/t19-,21+/m0/s1. The molecule has 1 aromatic heterocycles. The number of aromatic nitrogens is 2. The summed E-state index contributed by atoms with van der Waals surface area (Å²) in [6.45, 7) is 0. The molecule has 1 aliphatic rings. The Morgan fingerprint density at radius 3 is 2.52 bits per heavy atom. The summed E-state index contributed by atoms with van der Waals surface area (Å²) in [5.74, 6) is 0.575. The predicted octanol–water partition coefficient (Wildman–Crippen LogP) is 5.98. The second-order valence-electron chi connectivity index (χ2n) is 6.82. The van der Waals surface area contributed by atoms with Crippen molar-refractivity contribution in [1.82, 2.24) is 9.55 Å². The Morgan fingerprint density at radius 1 is 0.963 bits per heavy atom. The van der Waals surface area contributed by atoms with Crippen molar-refractivity contribution >= 4 is 28.6 Å². The van der Waals surface area contributed by atoms with E-state index in [1.54, 1.807) is 0 Å². The van der Waals surface area contributed by atoms with Gasteiger partial charge in [-0.25, -0.2) is 9.37 Å². The third-order valence-corrected chi connectivity index (χ3v) is 5.55. The normalized spacial score (nSPS) is 18.9. The van der Waals surface area contributed by atoms with Crippen molar-refractivity contribution in [3.05, 3.63) is 94.8 Å². The fourth-order valence-corrected chi connectivity index (χ4v) is 4.19. The van der Waals surface area contributed by atoms with E-state index in [-0.39, 0.29) is 17.9 Å². The van der Waals surface area contributed by atoms with Crippen LogP contribution >= 0.6 is 11.6 Å². The molecule has 0 radical (unpaired) electrons. The van der Waals surface area contributed by atoms with Gasteiger partial charge in [0.1, 0.15) is 5.82 Å². The molecular weight excluding hydrogens is 361 g/mol. The average molecular weight is 378 g/mol. The van der Waals surface area contributed by atoms with Crippen LogP contribution < -0.4 is 5.32 Å². The minimum atomic E-state index is -0.232. The Kier molecular flexibility index (Phi) is 3.87. The van der Waals surface area contributed by atoms with Gasteiger partial charge in [-0.1, -0.05) is 54.1 Å². The van der Waals surface area contributed by atoms with E-state index in [4.69, 9.17) is 16.6 Å². The molecular formula is C22H17ClFN3. The molecule has 0 amide bonds. The summed E-state index contributed by atoms with van der Waals surface area (Å²) in [7, 11) is 0. The number of halogens is 2. The fourth-order valence-electron chi connectivity index (χ4n) is 3.93. The summed E-state index contributed by atoms with van der Waals surface area (Å²) in [6.07, 6.45) is 0.794. The molecule has 0 spiro atoms. The Hall–Kier alpha value is -2.85. The predicted molar refractivity (Wildman–Crippen MR) is 107 cm³/mol. The summed E-state index contributed by atoms with van der Waals surface area (Å²) >= 11 is 6.55. The van der Waals surface area contributed by atoms with Gasteiger partial charge in [0.2, 0.25) is 5.95 Å². The van der Waals surface area contributed by atoms with E-state index in [1.807, 2.05) is 48.5 Å². The van der Waals surface area contributed by atoms with E-state index in [1.165, 1.54) is 12.1 Å². The largest absolute Gasteiger partial charge is 0.349 e. The molecule has 5 heteroatoms. The number of fused-ring (bicyclic) bond motifs is 3. The first-order valence-electron chi connectivity index (χ1n) is 8.94. The minimum Gasteiger partial charge on any atom is -0.349 e. The smallest absolute Gasteiger partial charge is 0.204 e. The van der Waals surface area contributed by atoms with Crippen LogP contribution in [0.1, 0.15) is 29.6 Å². The van der Waals surface area contributed by atoms with E-state index < -0.39 is 0 Å². The molecule has 0 unspecified atom stereocenters. The molecule has 1 aliphatic heterocycles. The summed E-state index contributed by atoms with van der Waals surface area (Å²) in [5, 5.41) is 4.27. The van der Waals surface area contributed by atoms with Crippen LogP contribution in [0.2, 0.25) is 5.02 Å². The van der Waals surface area contributed by atoms with E-state index >= 15 is 0 Å². The summed E-state index contributed by atoms with van der Waals surface area (Å²) in [6, 6.07) is 22.8. The molecule has 0 saturated heterocycles. The van der Waals surface area contributed by atoms with Gasteiger partial charge in [-0.05, 0) is 47.9 Å². The Balaban J connectivity index is 1.68. The highest BCUT2D eigenvalue weighted by Gasteiger charge is 2.31. The molecule has 0 aliphatic carbocycles. The average Bonchev–Trinajstić information content (AvgIpc) is 3.07. The van der Waals surface area contributed by atoms with Gasteiger partial charge in [0.25, 0.3) is 0 Å². The molecule has 3 aromatic carbocycles. The zero-order valence-corrected chi connectivity index (χ0v) is 15.2. The van der Waals surface area contributed by atoms with Crippen molar-refractivity contribution in [3.63, 3.8) is 0 Å². The monoisotopic (exact) mass is 377 g/mol. The van der Waals surface area contributed by atoms with Gasteiger partial charge >= 0.3 is 0 Å². The number of para-hydroxylation sites is 2. The maximum atomic E-state index is 13.4. The zero-order valence-electron chi connectivity index (χ0n) is 14.4. The van der Waals surface area contributed by atoms with Crippen LogP contribution in [0.4, 0.5) is 10.3 Å². The van der Waals surface area contributed by atoms with E-state index in [2.05, 4.69) is 22.0 Å². The Morgan fingerprint density at radius 2 is 1.70 bits per heavy atom. The molecule has 5 rings (SSSR count). The van der Waals surface area contributed by atoms with Gasteiger partial charge in [-0.2, -0.15) is 0 Å². The highest BCUT2D eigenvalue weighted by atomic mass is 35.5. The first-order chi connectivity index (χ1) is 13.2. The van der Waals surface area contributed by atoms with Crippen LogP contribution in [0.3, 0.4) is 0 Å². The highest BCUT2D eigenvalue weighted by molar-refractivity contribution is 6.31. The molecule has 27 heavy (non-hydrogen) atoms. The lowest BCUT2D eigenvalue weighted by Gasteiger charge is -2.34. The van der Waals surface area contributed by atoms with Crippen molar-refractivity contribution in [1.29, 1.82) is 0 Å². The van der Waals surface area contributed by atoms with Crippen LogP contribution in [0, 0.1) is 5.82 Å². The first-order valence-corrected chi connectivity index (χ1v) is 9.32. The summed E-state index contributed by atoms with van der Waals surface area (Å²) < 4.78 is 15.6. The van der Waals surface area contributed by atoms with E-state index in [9.17, 15) is 4.39 Å². The van der Waals surface area contributed by atoms with Gasteiger partial charge in [-0.3, -0.25) is 0 Å². The van der Waals surface area contributed by atoms with Crippen LogP contribution in [-0.4, -0.2) is 9.55 Å². The third-order valence-electron chi connectivity index (χ3n) is 5.21. The number of imidazole rings is 1. The first kappa shape index (κ1) is 16.3. The molecule has 134 valence electrons. The van der Waals surface area contributed by atoms with Crippen molar-refractivity contribution in [2.45, 2.75) is 18.5 Å². The van der Waals surface area contributed by atoms with Gasteiger partial charge in [-0.15, -0.1) is 0 Å². The zero-order chi connectivity index (χ0) is 18.4. The van der Waals surface area contributed by atoms with Gasteiger partial charge < -0.3 is 9.88 Å². The van der Waals surface area contributed by atoms with E-state index in [0.717, 1.165) is 39.6 Å². The number of hydrogen-bond donors (Lipinski definition) is 1. The number of nitrogens with zero attached hydrogens (tertiary/aromatic N) is 2. The van der Waals surface area contributed by atoms with Crippen LogP contribution in [0.5, 0.6) is 0 Å². The quantitative estimate of drug-likeness (QED) is 0.466. The highest BCUT2D eigenvalue weighted by Crippen LogP contribution is 2.42. The topological polar surface area (TPSA) is 29.9 Å². The number of rotatable bonds is 2. The number of anilines is 1. The van der Waals surface area contributed by atoms with Crippen molar-refractivity contribution in [2.75, 3.05) is 5.32 Å². The molecule has 0 saturated carbocycles. The van der Waals surface area contributed by atoms with Crippen molar-refractivity contribution in [3.8, 4) is 0 Å². The molecule has 2 heterocycles. The molecule has 0 fully saturated rings. The second-order valence-corrected chi connectivity index (χ2v) is 7.22. The van der Waals surface area contributed by atoms with Crippen molar-refractivity contribution in [2.24, 2.45) is 0 Å². The molecule has 1 N–H and O–H groups in total. The van der Waals surface area contributed by atoms with Gasteiger partial charge in [0.15, 0.2) is 0 Å².